The first-order valence-corrected chi connectivity index (χ1v) is 10.4. The smallest absolute Gasteiger partial charge is 0.275 e. The molecule has 0 saturated carbocycles. The molecule has 1 fully saturated rings. The van der Waals surface area contributed by atoms with E-state index in [0.29, 0.717) is 41.8 Å². The lowest BCUT2D eigenvalue weighted by Crippen LogP contribution is -2.42. The van der Waals surface area contributed by atoms with Gasteiger partial charge in [-0.3, -0.25) is 19.9 Å². The highest BCUT2D eigenvalue weighted by Gasteiger charge is 2.31. The number of hydrogen-bond donors (Lipinski definition) is 1. The number of amides is 1. The Labute approximate surface area is 184 Å². The minimum Gasteiger partial charge on any atom is -0.368 e. The largest absolute Gasteiger partial charge is 0.368 e. The molecule has 2 aromatic carbocycles. The zero-order valence-corrected chi connectivity index (χ0v) is 17.6. The zero-order chi connectivity index (χ0) is 21.4. The molecular weight excluding hydrogens is 414 g/mol. The molecular formula is C23H20ClN5O2. The van der Waals surface area contributed by atoms with Gasteiger partial charge in [0.2, 0.25) is 0 Å². The maximum absolute atomic E-state index is 13.3. The highest BCUT2D eigenvalue weighted by Crippen LogP contribution is 2.31. The Hall–Kier alpha value is -3.29. The second kappa shape index (κ2) is 8.09. The molecule has 1 aliphatic heterocycles. The molecule has 1 amide bonds. The fourth-order valence-electron chi connectivity index (χ4n) is 3.88. The molecule has 0 spiro atoms. The number of aryl methyl sites for hydroxylation is 1. The van der Waals surface area contributed by atoms with E-state index >= 15 is 0 Å². The number of carbonyl (C=O) groups excluding carboxylic acids is 1. The van der Waals surface area contributed by atoms with Crippen molar-refractivity contribution in [2.45, 2.75) is 13.0 Å². The highest BCUT2D eigenvalue weighted by molar-refractivity contribution is 6.30. The van der Waals surface area contributed by atoms with E-state index in [1.54, 1.807) is 17.3 Å². The monoisotopic (exact) mass is 433 g/mol. The summed E-state index contributed by atoms with van der Waals surface area (Å²) in [6.07, 6.45) is 2.88. The van der Waals surface area contributed by atoms with Gasteiger partial charge in [0, 0.05) is 34.9 Å². The third-order valence-corrected chi connectivity index (χ3v) is 5.64. The summed E-state index contributed by atoms with van der Waals surface area (Å²) in [5, 5.41) is 8.68. The van der Waals surface area contributed by atoms with E-state index in [-0.39, 0.29) is 5.91 Å². The molecule has 0 bridgehead atoms. The molecule has 0 unspecified atom stereocenters. The van der Waals surface area contributed by atoms with Crippen molar-refractivity contribution in [2.75, 3.05) is 19.7 Å². The van der Waals surface area contributed by atoms with Crippen molar-refractivity contribution < 1.29 is 9.53 Å². The summed E-state index contributed by atoms with van der Waals surface area (Å²) in [6.45, 7) is 3.26. The van der Waals surface area contributed by atoms with Crippen LogP contribution in [0, 0.1) is 6.92 Å². The Morgan fingerprint density at radius 3 is 2.94 bits per heavy atom. The molecule has 156 valence electrons. The minimum atomic E-state index is -0.396. The van der Waals surface area contributed by atoms with Gasteiger partial charge in [-0.2, -0.15) is 5.10 Å². The lowest BCUT2D eigenvalue weighted by Gasteiger charge is -2.32. The van der Waals surface area contributed by atoms with Gasteiger partial charge in [0.25, 0.3) is 5.91 Å². The van der Waals surface area contributed by atoms with Gasteiger partial charge < -0.3 is 9.64 Å². The number of aromatic nitrogens is 4. The van der Waals surface area contributed by atoms with Crippen LogP contribution in [-0.2, 0) is 4.74 Å². The molecule has 3 heterocycles. The number of fused-ring (bicyclic) bond motifs is 1. The SMILES string of the molecule is Cc1ccc2[nH]nc(C(=O)N3CCO[C@@H](c4nccnc4-c4cccc(Cl)c4)C3)c2c1. The Balaban J connectivity index is 1.45. The summed E-state index contributed by atoms with van der Waals surface area (Å²) < 4.78 is 6.00. The first-order chi connectivity index (χ1) is 15.1. The number of H-pyrrole nitrogens is 1. The normalized spacial score (nSPS) is 16.6. The molecule has 1 aliphatic rings. The number of rotatable bonds is 3. The quantitative estimate of drug-likeness (QED) is 0.523. The number of ether oxygens (including phenoxy) is 1. The van der Waals surface area contributed by atoms with E-state index in [1.807, 2.05) is 49.4 Å². The third kappa shape index (κ3) is 3.78. The molecule has 31 heavy (non-hydrogen) atoms. The minimum absolute atomic E-state index is 0.127. The predicted molar refractivity (Wildman–Crippen MR) is 118 cm³/mol. The van der Waals surface area contributed by atoms with Crippen molar-refractivity contribution in [1.82, 2.24) is 25.1 Å². The first-order valence-electron chi connectivity index (χ1n) is 10.0. The second-order valence-electron chi connectivity index (χ2n) is 7.53. The fraction of sp³-hybridized carbons (Fsp3) is 0.217. The molecule has 8 heteroatoms. The molecule has 1 saturated heterocycles. The van der Waals surface area contributed by atoms with Gasteiger partial charge >= 0.3 is 0 Å². The Bertz CT molecular complexity index is 1270. The molecule has 1 N–H and O–H groups in total. The van der Waals surface area contributed by atoms with E-state index in [0.717, 1.165) is 22.0 Å². The summed E-state index contributed by atoms with van der Waals surface area (Å²) in [6, 6.07) is 13.4. The second-order valence-corrected chi connectivity index (χ2v) is 7.97. The summed E-state index contributed by atoms with van der Waals surface area (Å²) in [7, 11) is 0. The summed E-state index contributed by atoms with van der Waals surface area (Å²) >= 11 is 6.17. The molecule has 0 aliphatic carbocycles. The van der Waals surface area contributed by atoms with Crippen molar-refractivity contribution in [3.05, 3.63) is 76.8 Å². The van der Waals surface area contributed by atoms with Gasteiger partial charge in [-0.25, -0.2) is 0 Å². The summed E-state index contributed by atoms with van der Waals surface area (Å²) in [4.78, 5) is 24.1. The Kier molecular flexibility index (Phi) is 5.13. The van der Waals surface area contributed by atoms with E-state index < -0.39 is 6.10 Å². The van der Waals surface area contributed by atoms with Crippen LogP contribution < -0.4 is 0 Å². The van der Waals surface area contributed by atoms with E-state index in [9.17, 15) is 4.79 Å². The Morgan fingerprint density at radius 2 is 2.06 bits per heavy atom. The number of carbonyl (C=O) groups is 1. The highest BCUT2D eigenvalue weighted by atomic mass is 35.5. The third-order valence-electron chi connectivity index (χ3n) is 5.40. The van der Waals surface area contributed by atoms with E-state index in [1.165, 1.54) is 0 Å². The van der Waals surface area contributed by atoms with Crippen molar-refractivity contribution >= 4 is 28.4 Å². The predicted octanol–water partition coefficient (Wildman–Crippen LogP) is 4.20. The van der Waals surface area contributed by atoms with E-state index in [4.69, 9.17) is 16.3 Å². The molecule has 4 aromatic rings. The number of nitrogens with one attached hydrogen (secondary N) is 1. The lowest BCUT2D eigenvalue weighted by atomic mass is 10.0. The van der Waals surface area contributed by atoms with Crippen LogP contribution in [0.3, 0.4) is 0 Å². The van der Waals surface area contributed by atoms with Crippen LogP contribution >= 0.6 is 11.6 Å². The van der Waals surface area contributed by atoms with Gasteiger partial charge in [-0.05, 0) is 31.2 Å². The van der Waals surface area contributed by atoms with Crippen molar-refractivity contribution in [3.8, 4) is 11.3 Å². The summed E-state index contributed by atoms with van der Waals surface area (Å²) in [5.41, 5.74) is 4.59. The van der Waals surface area contributed by atoms with Crippen LogP contribution in [0.4, 0.5) is 0 Å². The number of benzene rings is 2. The van der Waals surface area contributed by atoms with Crippen molar-refractivity contribution in [1.29, 1.82) is 0 Å². The number of nitrogens with zero attached hydrogens (tertiary/aromatic N) is 4. The zero-order valence-electron chi connectivity index (χ0n) is 16.9. The van der Waals surface area contributed by atoms with Crippen LogP contribution in [0.25, 0.3) is 22.2 Å². The van der Waals surface area contributed by atoms with Crippen LogP contribution in [0.5, 0.6) is 0 Å². The average Bonchev–Trinajstić information content (AvgIpc) is 3.21. The van der Waals surface area contributed by atoms with Crippen LogP contribution in [0.2, 0.25) is 5.02 Å². The van der Waals surface area contributed by atoms with Gasteiger partial charge in [0.15, 0.2) is 5.69 Å². The van der Waals surface area contributed by atoms with Gasteiger partial charge in [0.05, 0.1) is 30.1 Å². The van der Waals surface area contributed by atoms with Crippen LogP contribution in [-0.4, -0.2) is 50.7 Å². The van der Waals surface area contributed by atoms with Gasteiger partial charge in [0.1, 0.15) is 6.10 Å². The number of morpholine rings is 1. The standard InChI is InChI=1S/C23H20ClN5O2/c1-14-5-6-18-17(11-14)21(28-27-18)23(30)29-9-10-31-19(13-29)22-20(25-7-8-26-22)15-3-2-4-16(24)12-15/h2-8,11-12,19H,9-10,13H2,1H3,(H,27,28)/t19-/m1/s1. The van der Waals surface area contributed by atoms with Crippen LogP contribution in [0.1, 0.15) is 27.8 Å². The van der Waals surface area contributed by atoms with Gasteiger partial charge in [-0.1, -0.05) is 35.4 Å². The molecule has 5 rings (SSSR count). The molecule has 7 nitrogen and oxygen atoms in total. The number of hydrogen-bond acceptors (Lipinski definition) is 5. The Morgan fingerprint density at radius 1 is 1.19 bits per heavy atom. The average molecular weight is 434 g/mol. The van der Waals surface area contributed by atoms with Crippen molar-refractivity contribution in [3.63, 3.8) is 0 Å². The number of aromatic amines is 1. The van der Waals surface area contributed by atoms with E-state index in [2.05, 4.69) is 20.2 Å². The number of halogens is 1. The van der Waals surface area contributed by atoms with Crippen molar-refractivity contribution in [2.24, 2.45) is 0 Å². The topological polar surface area (TPSA) is 84.0 Å². The maximum Gasteiger partial charge on any atom is 0.275 e. The maximum atomic E-state index is 13.3. The molecule has 0 radical (unpaired) electrons. The lowest BCUT2D eigenvalue weighted by molar-refractivity contribution is -0.0247. The first kappa shape index (κ1) is 19.7. The van der Waals surface area contributed by atoms with Gasteiger partial charge in [-0.15, -0.1) is 0 Å². The fourth-order valence-corrected chi connectivity index (χ4v) is 4.07. The summed E-state index contributed by atoms with van der Waals surface area (Å²) in [5.74, 6) is -0.127. The molecule has 1 atom stereocenters. The van der Waals surface area contributed by atoms with Crippen LogP contribution in [0.15, 0.2) is 54.9 Å². The molecule has 2 aromatic heterocycles.